The zero-order chi connectivity index (χ0) is 23.3. The van der Waals surface area contributed by atoms with Crippen LogP contribution in [0.25, 0.3) is 0 Å². The van der Waals surface area contributed by atoms with Gasteiger partial charge in [-0.2, -0.15) is 0 Å². The molecule has 1 aliphatic rings. The molecule has 0 bridgehead atoms. The van der Waals surface area contributed by atoms with E-state index in [0.717, 1.165) is 17.5 Å². The molecule has 2 amide bonds. The molecule has 0 fully saturated rings. The maximum atomic E-state index is 13.3. The Balaban J connectivity index is 1.75. The van der Waals surface area contributed by atoms with Crippen LogP contribution in [-0.4, -0.2) is 35.6 Å². The molecule has 2 aromatic carbocycles. The molecule has 1 N–H and O–H groups in total. The van der Waals surface area contributed by atoms with Crippen LogP contribution in [0.1, 0.15) is 44.7 Å². The molecule has 1 aliphatic heterocycles. The Morgan fingerprint density at radius 1 is 1.09 bits per heavy atom. The number of aryl methyl sites for hydroxylation is 1. The highest BCUT2D eigenvalue weighted by atomic mass is 35.5. The second-order valence-electron chi connectivity index (χ2n) is 7.94. The van der Waals surface area contributed by atoms with Gasteiger partial charge in [0.05, 0.1) is 0 Å². The normalized spacial score (nSPS) is 14.0. The molecule has 0 radical (unpaired) electrons. The van der Waals surface area contributed by atoms with Crippen LogP contribution in [0.3, 0.4) is 0 Å². The summed E-state index contributed by atoms with van der Waals surface area (Å²) in [6.45, 7) is 6.09. The Bertz CT molecular complexity index is 982. The van der Waals surface area contributed by atoms with Crippen LogP contribution in [0.2, 0.25) is 10.0 Å². The van der Waals surface area contributed by atoms with Gasteiger partial charge in [-0.3, -0.25) is 9.59 Å². The average Bonchev–Trinajstić information content (AvgIpc) is 3.24. The van der Waals surface area contributed by atoms with E-state index >= 15 is 0 Å². The lowest BCUT2D eigenvalue weighted by molar-refractivity contribution is -0.140. The molecule has 2 atom stereocenters. The third-order valence-corrected chi connectivity index (χ3v) is 6.18. The molecular weight excluding hydrogens is 451 g/mol. The van der Waals surface area contributed by atoms with Gasteiger partial charge in [0.25, 0.3) is 0 Å². The summed E-state index contributed by atoms with van der Waals surface area (Å²) in [4.78, 5) is 27.6. The van der Waals surface area contributed by atoms with Crippen LogP contribution in [0.15, 0.2) is 36.4 Å². The van der Waals surface area contributed by atoms with Gasteiger partial charge in [0.15, 0.2) is 11.5 Å². The van der Waals surface area contributed by atoms with E-state index in [4.69, 9.17) is 32.7 Å². The van der Waals surface area contributed by atoms with E-state index in [2.05, 4.69) is 5.32 Å². The van der Waals surface area contributed by atoms with Crippen molar-refractivity contribution < 1.29 is 19.1 Å². The lowest BCUT2D eigenvalue weighted by Crippen LogP contribution is -2.49. The quantitative estimate of drug-likeness (QED) is 0.551. The Labute approximate surface area is 198 Å². The minimum atomic E-state index is -0.653. The van der Waals surface area contributed by atoms with Crippen molar-refractivity contribution in [1.82, 2.24) is 10.2 Å². The highest BCUT2D eigenvalue weighted by Gasteiger charge is 2.27. The van der Waals surface area contributed by atoms with Gasteiger partial charge in [0.2, 0.25) is 18.6 Å². The van der Waals surface area contributed by atoms with Crippen LogP contribution >= 0.6 is 23.2 Å². The summed E-state index contributed by atoms with van der Waals surface area (Å²) in [5, 5.41) is 3.93. The number of carbonyl (C=O) groups is 2. The van der Waals surface area contributed by atoms with Crippen molar-refractivity contribution in [2.24, 2.45) is 0 Å². The zero-order valence-corrected chi connectivity index (χ0v) is 20.0. The lowest BCUT2D eigenvalue weighted by atomic mass is 10.1. The van der Waals surface area contributed by atoms with Crippen molar-refractivity contribution in [2.45, 2.75) is 58.7 Å². The molecule has 0 saturated carbocycles. The molecule has 0 spiro atoms. The topological polar surface area (TPSA) is 67.9 Å². The minimum Gasteiger partial charge on any atom is -0.454 e. The van der Waals surface area contributed by atoms with Gasteiger partial charge < -0.3 is 19.7 Å². The van der Waals surface area contributed by atoms with E-state index in [9.17, 15) is 9.59 Å². The van der Waals surface area contributed by atoms with Crippen LogP contribution in [0.5, 0.6) is 11.5 Å². The molecule has 0 aliphatic carbocycles. The Kier molecular flexibility index (Phi) is 8.26. The summed E-state index contributed by atoms with van der Waals surface area (Å²) in [7, 11) is 0. The SMILES string of the molecule is CC[C@@H](C)NC(=O)[C@H](C)N(Cc1ccc(Cl)cc1Cl)C(=O)CCc1ccc2c(c1)OCO2. The van der Waals surface area contributed by atoms with E-state index in [1.807, 2.05) is 32.0 Å². The summed E-state index contributed by atoms with van der Waals surface area (Å²) in [5.74, 6) is 1.05. The minimum absolute atomic E-state index is 0.0228. The number of hydrogen-bond donors (Lipinski definition) is 1. The summed E-state index contributed by atoms with van der Waals surface area (Å²) in [5.41, 5.74) is 1.69. The largest absolute Gasteiger partial charge is 0.454 e. The molecule has 0 unspecified atom stereocenters. The highest BCUT2D eigenvalue weighted by Crippen LogP contribution is 2.33. The van der Waals surface area contributed by atoms with Crippen molar-refractivity contribution >= 4 is 35.0 Å². The van der Waals surface area contributed by atoms with E-state index in [1.54, 1.807) is 30.0 Å². The van der Waals surface area contributed by atoms with Gasteiger partial charge in [-0.25, -0.2) is 0 Å². The summed E-state index contributed by atoms with van der Waals surface area (Å²) >= 11 is 12.4. The molecule has 172 valence electrons. The third-order valence-electron chi connectivity index (χ3n) is 5.59. The predicted molar refractivity (Wildman–Crippen MR) is 125 cm³/mol. The average molecular weight is 479 g/mol. The van der Waals surface area contributed by atoms with Gasteiger partial charge in [0, 0.05) is 29.1 Å². The van der Waals surface area contributed by atoms with Crippen molar-refractivity contribution in [3.05, 3.63) is 57.6 Å². The van der Waals surface area contributed by atoms with Gasteiger partial charge in [-0.15, -0.1) is 0 Å². The molecule has 0 saturated heterocycles. The van der Waals surface area contributed by atoms with Crippen LogP contribution < -0.4 is 14.8 Å². The van der Waals surface area contributed by atoms with Crippen molar-refractivity contribution in [3.63, 3.8) is 0 Å². The standard InChI is InChI=1S/C24H28Cl2N2O4/c1-4-15(2)27-24(30)16(3)28(13-18-7-8-19(25)12-20(18)26)23(29)10-6-17-5-9-21-22(11-17)32-14-31-21/h5,7-9,11-12,15-16H,4,6,10,13-14H2,1-3H3,(H,27,30)/t15-,16+/m1/s1. The molecule has 2 aromatic rings. The maximum Gasteiger partial charge on any atom is 0.242 e. The van der Waals surface area contributed by atoms with Crippen molar-refractivity contribution in [1.29, 1.82) is 0 Å². The number of carbonyl (C=O) groups excluding carboxylic acids is 2. The molecule has 0 aromatic heterocycles. The van der Waals surface area contributed by atoms with Gasteiger partial charge in [0.1, 0.15) is 6.04 Å². The number of nitrogens with one attached hydrogen (secondary N) is 1. The highest BCUT2D eigenvalue weighted by molar-refractivity contribution is 6.35. The van der Waals surface area contributed by atoms with Crippen molar-refractivity contribution in [3.8, 4) is 11.5 Å². The fraction of sp³-hybridized carbons (Fsp3) is 0.417. The number of benzene rings is 2. The lowest BCUT2D eigenvalue weighted by Gasteiger charge is -2.30. The number of amides is 2. The first-order valence-electron chi connectivity index (χ1n) is 10.7. The van der Waals surface area contributed by atoms with E-state index in [0.29, 0.717) is 28.0 Å². The van der Waals surface area contributed by atoms with Crippen LogP contribution in [0.4, 0.5) is 0 Å². The Morgan fingerprint density at radius 2 is 1.84 bits per heavy atom. The van der Waals surface area contributed by atoms with Gasteiger partial charge in [-0.1, -0.05) is 42.3 Å². The molecule has 32 heavy (non-hydrogen) atoms. The molecule has 3 rings (SSSR count). The van der Waals surface area contributed by atoms with E-state index < -0.39 is 6.04 Å². The first-order valence-corrected chi connectivity index (χ1v) is 11.5. The fourth-order valence-corrected chi connectivity index (χ4v) is 3.84. The summed E-state index contributed by atoms with van der Waals surface area (Å²) in [6.07, 6.45) is 1.56. The first kappa shape index (κ1) is 24.2. The number of ether oxygens (including phenoxy) is 2. The third kappa shape index (κ3) is 6.08. The Hall–Kier alpha value is -2.44. The second kappa shape index (κ2) is 10.9. The number of rotatable bonds is 9. The molecule has 1 heterocycles. The van der Waals surface area contributed by atoms with E-state index in [-0.39, 0.29) is 37.6 Å². The van der Waals surface area contributed by atoms with Crippen molar-refractivity contribution in [2.75, 3.05) is 6.79 Å². The van der Waals surface area contributed by atoms with Gasteiger partial charge in [-0.05, 0) is 62.1 Å². The fourth-order valence-electron chi connectivity index (χ4n) is 3.37. The summed E-state index contributed by atoms with van der Waals surface area (Å²) in [6, 6.07) is 10.2. The second-order valence-corrected chi connectivity index (χ2v) is 8.78. The number of hydrogen-bond acceptors (Lipinski definition) is 4. The first-order chi connectivity index (χ1) is 15.3. The van der Waals surface area contributed by atoms with Gasteiger partial charge >= 0.3 is 0 Å². The molecular formula is C24H28Cl2N2O4. The Morgan fingerprint density at radius 3 is 2.56 bits per heavy atom. The monoisotopic (exact) mass is 478 g/mol. The summed E-state index contributed by atoms with van der Waals surface area (Å²) < 4.78 is 10.8. The number of nitrogens with zero attached hydrogens (tertiary/aromatic N) is 1. The number of fused-ring (bicyclic) bond motifs is 1. The van der Waals surface area contributed by atoms with E-state index in [1.165, 1.54) is 0 Å². The zero-order valence-electron chi connectivity index (χ0n) is 18.5. The maximum absolute atomic E-state index is 13.3. The molecule has 8 heteroatoms. The number of halogens is 2. The predicted octanol–water partition coefficient (Wildman–Crippen LogP) is 4.99. The van der Waals surface area contributed by atoms with Crippen LogP contribution in [0, 0.1) is 0 Å². The smallest absolute Gasteiger partial charge is 0.242 e. The van der Waals surface area contributed by atoms with Crippen LogP contribution in [-0.2, 0) is 22.6 Å². The molecule has 6 nitrogen and oxygen atoms in total.